The van der Waals surface area contributed by atoms with E-state index >= 15 is 0 Å². The van der Waals surface area contributed by atoms with Crippen molar-refractivity contribution in [3.05, 3.63) is 52.1 Å². The monoisotopic (exact) mass is 238 g/mol. The Morgan fingerprint density at radius 3 is 2.44 bits per heavy atom. The Bertz CT molecular complexity index is 373. The molecular formula is C11H12NO3S-. The zero-order valence-corrected chi connectivity index (χ0v) is 9.86. The molecule has 1 rings (SSSR count). The van der Waals surface area contributed by atoms with E-state index in [1.807, 2.05) is 19.1 Å². The largest absolute Gasteiger partial charge is 0.295 e. The van der Waals surface area contributed by atoms with Crippen molar-refractivity contribution >= 4 is 16.9 Å². The van der Waals surface area contributed by atoms with Crippen molar-refractivity contribution in [2.75, 3.05) is 0 Å². The van der Waals surface area contributed by atoms with Gasteiger partial charge in [0, 0.05) is 6.92 Å². The number of hydrogen-bond acceptors (Lipinski definition) is 4. The van der Waals surface area contributed by atoms with Gasteiger partial charge in [0.25, 0.3) is 0 Å². The molecule has 1 unspecified atom stereocenters. The van der Waals surface area contributed by atoms with Gasteiger partial charge >= 0.3 is 0 Å². The Balaban J connectivity index is 2.86. The van der Waals surface area contributed by atoms with Crippen molar-refractivity contribution in [2.45, 2.75) is 19.1 Å². The highest BCUT2D eigenvalue weighted by Crippen LogP contribution is 2.31. The molecule has 5 heteroatoms. The van der Waals surface area contributed by atoms with E-state index in [0.717, 1.165) is 29.4 Å². The highest BCUT2D eigenvalue weighted by molar-refractivity contribution is 8.13. The van der Waals surface area contributed by atoms with Crippen LogP contribution in [0.25, 0.3) is 0 Å². The normalized spacial score (nSPS) is 11.9. The van der Waals surface area contributed by atoms with Crippen molar-refractivity contribution in [1.82, 2.24) is 0 Å². The Labute approximate surface area is 98.2 Å². The van der Waals surface area contributed by atoms with E-state index in [9.17, 15) is 14.9 Å². The molecule has 1 atom stereocenters. The number of nitrogens with zero attached hydrogens (tertiary/aromatic N) is 1. The minimum absolute atomic E-state index is 0.135. The van der Waals surface area contributed by atoms with Crippen molar-refractivity contribution < 1.29 is 9.72 Å². The lowest BCUT2D eigenvalue weighted by Crippen LogP contribution is -2.05. The number of carbonyl (C=O) groups excluding carboxylic acids is 1. The molecule has 86 valence electrons. The molecule has 0 bridgehead atoms. The molecular weight excluding hydrogens is 226 g/mol. The van der Waals surface area contributed by atoms with Crippen molar-refractivity contribution in [3.8, 4) is 0 Å². The number of benzene rings is 1. The quantitative estimate of drug-likeness (QED) is 0.459. The van der Waals surface area contributed by atoms with E-state index in [0.29, 0.717) is 0 Å². The number of hydrogen-bond donors (Lipinski definition) is 0. The van der Waals surface area contributed by atoms with Crippen LogP contribution >= 0.6 is 11.8 Å². The summed E-state index contributed by atoms with van der Waals surface area (Å²) in [6.45, 7) is 4.28. The van der Waals surface area contributed by atoms with Crippen LogP contribution in [0.3, 0.4) is 0 Å². The van der Waals surface area contributed by atoms with E-state index < -0.39 is 10.2 Å². The van der Waals surface area contributed by atoms with Crippen LogP contribution in [-0.4, -0.2) is 10.0 Å². The fraction of sp³-hybridized carbons (Fsp3) is 0.273. The topological polar surface area (TPSA) is 60.2 Å². The maximum absolute atomic E-state index is 11.0. The summed E-state index contributed by atoms with van der Waals surface area (Å²) < 4.78 is 0. The van der Waals surface area contributed by atoms with Gasteiger partial charge < -0.3 is 0 Å². The third-order valence-corrected chi connectivity index (χ3v) is 2.94. The third-order valence-electron chi connectivity index (χ3n) is 1.96. The number of carbonyl (C=O) groups is 1. The number of rotatable bonds is 4. The van der Waals surface area contributed by atoms with Crippen LogP contribution in [0.2, 0.25) is 0 Å². The standard InChI is InChI=1S/C11H12NO3S/c1-8-3-5-10(6-4-8)11(7-12(14)15)16-9(2)13/h3-7,11H,1-2H3/q-1. The second kappa shape index (κ2) is 5.55. The smallest absolute Gasteiger partial charge is 0.184 e. The Morgan fingerprint density at radius 1 is 1.44 bits per heavy atom. The molecule has 0 N–H and O–H groups in total. The lowest BCUT2D eigenvalue weighted by atomic mass is 10.1. The van der Waals surface area contributed by atoms with E-state index in [1.54, 1.807) is 12.1 Å². The Kier molecular flexibility index (Phi) is 4.37. The van der Waals surface area contributed by atoms with E-state index in [4.69, 9.17) is 0 Å². The maximum atomic E-state index is 11.0. The lowest BCUT2D eigenvalue weighted by molar-refractivity contribution is -0.437. The van der Waals surface area contributed by atoms with Gasteiger partial charge in [0.05, 0.1) is 0 Å². The van der Waals surface area contributed by atoms with E-state index in [2.05, 4.69) is 0 Å². The Morgan fingerprint density at radius 2 is 2.00 bits per heavy atom. The number of aryl methyl sites for hydroxylation is 1. The summed E-state index contributed by atoms with van der Waals surface area (Å²) in [5.41, 5.74) is 1.85. The van der Waals surface area contributed by atoms with E-state index in [-0.39, 0.29) is 5.12 Å². The fourth-order valence-corrected chi connectivity index (χ4v) is 2.04. The maximum Gasteiger partial charge on any atom is 0.184 e. The predicted molar refractivity (Wildman–Crippen MR) is 63.5 cm³/mol. The molecule has 0 aromatic heterocycles. The minimum atomic E-state index is -0.520. The van der Waals surface area contributed by atoms with Gasteiger partial charge in [-0.25, -0.2) is 0 Å². The predicted octanol–water partition coefficient (Wildman–Crippen LogP) is 2.75. The molecule has 0 aliphatic heterocycles. The third kappa shape index (κ3) is 3.94. The molecule has 0 amide bonds. The second-order valence-electron chi connectivity index (χ2n) is 3.38. The minimum Gasteiger partial charge on any atom is -0.295 e. The highest BCUT2D eigenvalue weighted by atomic mass is 32.2. The molecule has 0 heterocycles. The first-order valence-corrected chi connectivity index (χ1v) is 5.59. The molecule has 0 spiro atoms. The van der Waals surface area contributed by atoms with Crippen LogP contribution in [0.5, 0.6) is 0 Å². The van der Waals surface area contributed by atoms with Crippen LogP contribution in [-0.2, 0) is 4.79 Å². The number of thioether (sulfide) groups is 1. The molecule has 0 radical (unpaired) electrons. The zero-order chi connectivity index (χ0) is 12.1. The first-order valence-electron chi connectivity index (χ1n) is 4.71. The summed E-state index contributed by atoms with van der Waals surface area (Å²) in [6, 6.07) is 7.35. The van der Waals surface area contributed by atoms with Crippen LogP contribution in [0.1, 0.15) is 23.3 Å². The summed E-state index contributed by atoms with van der Waals surface area (Å²) in [4.78, 5) is 20.9. The first kappa shape index (κ1) is 12.6. The van der Waals surface area contributed by atoms with Crippen LogP contribution < -0.4 is 0 Å². The van der Waals surface area contributed by atoms with Gasteiger partial charge in [0.15, 0.2) is 5.12 Å². The first-order chi connectivity index (χ1) is 7.49. The number of nitro groups is 1. The van der Waals surface area contributed by atoms with Gasteiger partial charge in [-0.1, -0.05) is 35.4 Å². The molecule has 16 heavy (non-hydrogen) atoms. The van der Waals surface area contributed by atoms with Crippen LogP contribution in [0, 0.1) is 23.6 Å². The highest BCUT2D eigenvalue weighted by Gasteiger charge is 2.11. The van der Waals surface area contributed by atoms with Crippen molar-refractivity contribution in [3.63, 3.8) is 0 Å². The van der Waals surface area contributed by atoms with Crippen molar-refractivity contribution in [2.24, 2.45) is 0 Å². The summed E-state index contributed by atoms with van der Waals surface area (Å²) in [5.74, 6) is 0. The molecule has 4 nitrogen and oxygen atoms in total. The summed E-state index contributed by atoms with van der Waals surface area (Å²) in [6.07, 6.45) is 0. The average Bonchev–Trinajstić information content (AvgIpc) is 2.16. The van der Waals surface area contributed by atoms with Crippen LogP contribution in [0.4, 0.5) is 0 Å². The average molecular weight is 238 g/mol. The molecule has 0 fully saturated rings. The molecule has 0 saturated heterocycles. The van der Waals surface area contributed by atoms with Gasteiger partial charge in [0.2, 0.25) is 0 Å². The van der Waals surface area contributed by atoms with Crippen molar-refractivity contribution in [1.29, 1.82) is 0 Å². The van der Waals surface area contributed by atoms with Gasteiger partial charge in [-0.05, 0) is 18.7 Å². The van der Waals surface area contributed by atoms with E-state index in [1.165, 1.54) is 6.92 Å². The van der Waals surface area contributed by atoms with Crippen LogP contribution in [0.15, 0.2) is 24.3 Å². The zero-order valence-electron chi connectivity index (χ0n) is 9.04. The molecule has 0 aliphatic rings. The summed E-state index contributed by atoms with van der Waals surface area (Å²) in [5, 5.41) is 9.80. The van der Waals surface area contributed by atoms with Gasteiger partial charge in [0.1, 0.15) is 0 Å². The molecule has 0 aliphatic carbocycles. The Hall–Kier alpha value is -1.49. The molecule has 1 aromatic carbocycles. The van der Waals surface area contributed by atoms with Gasteiger partial charge in [-0.15, -0.1) is 16.7 Å². The van der Waals surface area contributed by atoms with Gasteiger partial charge in [-0.2, -0.15) is 0 Å². The summed E-state index contributed by atoms with van der Waals surface area (Å²) in [7, 11) is 0. The van der Waals surface area contributed by atoms with Gasteiger partial charge in [-0.3, -0.25) is 14.9 Å². The fourth-order valence-electron chi connectivity index (χ4n) is 1.23. The summed E-state index contributed by atoms with van der Waals surface area (Å²) >= 11 is 0.951. The lowest BCUT2D eigenvalue weighted by Gasteiger charge is -2.18. The second-order valence-corrected chi connectivity index (χ2v) is 4.69. The molecule has 0 saturated carbocycles. The SMILES string of the molecule is CC(=O)SC([CH-][N+](=O)[O-])c1ccc(C)cc1. The molecule has 1 aromatic rings.